The summed E-state index contributed by atoms with van der Waals surface area (Å²) in [6.07, 6.45) is 0. The van der Waals surface area contributed by atoms with Crippen LogP contribution < -0.4 is 19.9 Å². The van der Waals surface area contributed by atoms with Gasteiger partial charge in [0.1, 0.15) is 5.82 Å². The summed E-state index contributed by atoms with van der Waals surface area (Å²) in [7, 11) is 0. The largest absolute Gasteiger partial charge is 0.474 e. The molecule has 1 N–H and O–H groups in total. The molecule has 0 atom stereocenters. The van der Waals surface area contributed by atoms with Gasteiger partial charge < -0.3 is 19.9 Å². The standard InChI is InChI=1S/C22H26FN3O2/c1-15-11-18(25-9-7-24-8-10-25)20-19(12-15)26(21(27)22(2,3)28-20)14-16-5-4-6-17(23)13-16/h4-6,11-13,24H,7-10,14H2,1-3H3. The second-order valence-corrected chi connectivity index (χ2v) is 8.00. The third-order valence-electron chi connectivity index (χ3n) is 5.29. The number of piperazine rings is 1. The molecule has 0 saturated carbocycles. The molecule has 5 nitrogen and oxygen atoms in total. The first-order valence-electron chi connectivity index (χ1n) is 9.71. The number of carbonyl (C=O) groups is 1. The summed E-state index contributed by atoms with van der Waals surface area (Å²) in [6.45, 7) is 9.51. The highest BCUT2D eigenvalue weighted by Gasteiger charge is 2.42. The van der Waals surface area contributed by atoms with E-state index in [0.29, 0.717) is 6.54 Å². The van der Waals surface area contributed by atoms with E-state index < -0.39 is 5.60 Å². The van der Waals surface area contributed by atoms with Crippen molar-refractivity contribution >= 4 is 17.3 Å². The van der Waals surface area contributed by atoms with Gasteiger partial charge in [-0.25, -0.2) is 4.39 Å². The Labute approximate surface area is 165 Å². The van der Waals surface area contributed by atoms with E-state index in [9.17, 15) is 9.18 Å². The molecule has 0 aromatic heterocycles. The van der Waals surface area contributed by atoms with Crippen LogP contribution in [-0.4, -0.2) is 37.7 Å². The maximum atomic E-state index is 13.7. The lowest BCUT2D eigenvalue weighted by molar-refractivity contribution is -0.132. The number of amides is 1. The van der Waals surface area contributed by atoms with Gasteiger partial charge >= 0.3 is 0 Å². The van der Waals surface area contributed by atoms with Gasteiger partial charge in [-0.1, -0.05) is 12.1 Å². The van der Waals surface area contributed by atoms with Gasteiger partial charge in [-0.2, -0.15) is 0 Å². The number of nitrogens with zero attached hydrogens (tertiary/aromatic N) is 2. The van der Waals surface area contributed by atoms with E-state index in [1.54, 1.807) is 24.8 Å². The SMILES string of the molecule is Cc1cc(N2CCNCC2)c2c(c1)N(Cc1cccc(F)c1)C(=O)C(C)(C)O2. The smallest absolute Gasteiger partial charge is 0.271 e. The van der Waals surface area contributed by atoms with E-state index in [0.717, 1.165) is 54.4 Å². The third kappa shape index (κ3) is 3.44. The Morgan fingerprint density at radius 3 is 2.57 bits per heavy atom. The second kappa shape index (κ2) is 7.09. The molecule has 0 unspecified atom stereocenters. The summed E-state index contributed by atoms with van der Waals surface area (Å²) in [5.74, 6) is 0.304. The van der Waals surface area contributed by atoms with E-state index in [1.807, 2.05) is 19.1 Å². The van der Waals surface area contributed by atoms with Crippen LogP contribution in [0.15, 0.2) is 36.4 Å². The number of ether oxygens (including phenoxy) is 1. The van der Waals surface area contributed by atoms with E-state index in [2.05, 4.69) is 16.3 Å². The van der Waals surface area contributed by atoms with Gasteiger partial charge in [-0.3, -0.25) is 4.79 Å². The molecule has 1 amide bonds. The quantitative estimate of drug-likeness (QED) is 0.884. The van der Waals surface area contributed by atoms with E-state index in [-0.39, 0.29) is 11.7 Å². The molecule has 6 heteroatoms. The molecule has 4 rings (SSSR count). The lowest BCUT2D eigenvalue weighted by atomic mass is 10.0. The number of rotatable bonds is 3. The molecule has 0 spiro atoms. The van der Waals surface area contributed by atoms with Crippen LogP contribution in [0.3, 0.4) is 0 Å². The molecular formula is C22H26FN3O2. The van der Waals surface area contributed by atoms with Crippen LogP contribution >= 0.6 is 0 Å². The number of nitrogens with one attached hydrogen (secondary N) is 1. The number of aryl methyl sites for hydroxylation is 1. The van der Waals surface area contributed by atoms with Crippen molar-refractivity contribution in [1.29, 1.82) is 0 Å². The Kier molecular flexibility index (Phi) is 4.75. The highest BCUT2D eigenvalue weighted by Crippen LogP contribution is 2.46. The zero-order valence-corrected chi connectivity index (χ0v) is 16.6. The van der Waals surface area contributed by atoms with Gasteiger partial charge in [0, 0.05) is 26.2 Å². The predicted octanol–water partition coefficient (Wildman–Crippen LogP) is 3.25. The molecule has 2 aliphatic heterocycles. The van der Waals surface area contributed by atoms with E-state index in [4.69, 9.17) is 4.74 Å². The van der Waals surface area contributed by atoms with Crippen LogP contribution in [0, 0.1) is 12.7 Å². The topological polar surface area (TPSA) is 44.8 Å². The fraction of sp³-hybridized carbons (Fsp3) is 0.409. The fourth-order valence-corrected chi connectivity index (χ4v) is 3.89. The average Bonchev–Trinajstić information content (AvgIpc) is 2.66. The first-order chi connectivity index (χ1) is 13.3. The Bertz CT molecular complexity index is 907. The Balaban J connectivity index is 1.80. The molecule has 148 valence electrons. The summed E-state index contributed by atoms with van der Waals surface area (Å²) in [4.78, 5) is 17.2. The van der Waals surface area contributed by atoms with Crippen molar-refractivity contribution in [3.8, 4) is 5.75 Å². The molecule has 28 heavy (non-hydrogen) atoms. The molecule has 0 aliphatic carbocycles. The Morgan fingerprint density at radius 1 is 1.14 bits per heavy atom. The van der Waals surface area contributed by atoms with Crippen molar-refractivity contribution < 1.29 is 13.9 Å². The third-order valence-corrected chi connectivity index (χ3v) is 5.29. The van der Waals surface area contributed by atoms with Crippen LogP contribution in [0.25, 0.3) is 0 Å². The van der Waals surface area contributed by atoms with Crippen molar-refractivity contribution in [1.82, 2.24) is 5.32 Å². The first kappa shape index (κ1) is 18.7. The van der Waals surface area contributed by atoms with Gasteiger partial charge in [0.15, 0.2) is 11.4 Å². The van der Waals surface area contributed by atoms with Crippen molar-refractivity contribution in [3.05, 3.63) is 53.3 Å². The normalized spacial score (nSPS) is 18.6. The van der Waals surface area contributed by atoms with E-state index in [1.165, 1.54) is 12.1 Å². The molecular weight excluding hydrogens is 357 g/mol. The van der Waals surface area contributed by atoms with Gasteiger partial charge in [0.25, 0.3) is 5.91 Å². The zero-order chi connectivity index (χ0) is 19.9. The summed E-state index contributed by atoms with van der Waals surface area (Å²) in [5.41, 5.74) is 2.59. The lowest BCUT2D eigenvalue weighted by Crippen LogP contribution is -2.53. The molecule has 1 saturated heterocycles. The highest BCUT2D eigenvalue weighted by molar-refractivity contribution is 6.03. The fourth-order valence-electron chi connectivity index (χ4n) is 3.89. The maximum absolute atomic E-state index is 13.7. The van der Waals surface area contributed by atoms with Gasteiger partial charge in [-0.15, -0.1) is 0 Å². The molecule has 0 bridgehead atoms. The van der Waals surface area contributed by atoms with Crippen LogP contribution in [-0.2, 0) is 11.3 Å². The van der Waals surface area contributed by atoms with Crippen LogP contribution in [0.2, 0.25) is 0 Å². The van der Waals surface area contributed by atoms with Gasteiger partial charge in [0.2, 0.25) is 0 Å². The molecule has 1 fully saturated rings. The number of hydrogen-bond acceptors (Lipinski definition) is 4. The number of halogens is 1. The van der Waals surface area contributed by atoms with Gasteiger partial charge in [-0.05, 0) is 56.2 Å². The minimum absolute atomic E-state index is 0.124. The van der Waals surface area contributed by atoms with E-state index >= 15 is 0 Å². The number of carbonyl (C=O) groups excluding carboxylic acids is 1. The molecule has 2 aliphatic rings. The van der Waals surface area contributed by atoms with Crippen molar-refractivity contribution in [2.45, 2.75) is 32.9 Å². The molecule has 2 heterocycles. The summed E-state index contributed by atoms with van der Waals surface area (Å²) < 4.78 is 19.9. The molecule has 2 aromatic rings. The van der Waals surface area contributed by atoms with Crippen molar-refractivity contribution in [3.63, 3.8) is 0 Å². The lowest BCUT2D eigenvalue weighted by Gasteiger charge is -2.42. The summed E-state index contributed by atoms with van der Waals surface area (Å²) >= 11 is 0. The number of anilines is 2. The Hall–Kier alpha value is -2.60. The monoisotopic (exact) mass is 383 g/mol. The second-order valence-electron chi connectivity index (χ2n) is 8.00. The minimum Gasteiger partial charge on any atom is -0.474 e. The van der Waals surface area contributed by atoms with Crippen molar-refractivity contribution in [2.75, 3.05) is 36.0 Å². The van der Waals surface area contributed by atoms with Crippen LogP contribution in [0.5, 0.6) is 5.75 Å². The number of hydrogen-bond donors (Lipinski definition) is 1. The van der Waals surface area contributed by atoms with Crippen LogP contribution in [0.4, 0.5) is 15.8 Å². The first-order valence-corrected chi connectivity index (χ1v) is 9.71. The predicted molar refractivity (Wildman–Crippen MR) is 109 cm³/mol. The molecule has 0 radical (unpaired) electrons. The minimum atomic E-state index is -0.988. The summed E-state index contributed by atoms with van der Waals surface area (Å²) in [6, 6.07) is 10.5. The van der Waals surface area contributed by atoms with Crippen LogP contribution in [0.1, 0.15) is 25.0 Å². The zero-order valence-electron chi connectivity index (χ0n) is 16.6. The number of fused-ring (bicyclic) bond motifs is 1. The maximum Gasteiger partial charge on any atom is 0.271 e. The number of benzene rings is 2. The highest BCUT2D eigenvalue weighted by atomic mass is 19.1. The molecule has 2 aromatic carbocycles. The summed E-state index contributed by atoms with van der Waals surface area (Å²) in [5, 5.41) is 3.37. The van der Waals surface area contributed by atoms with Gasteiger partial charge in [0.05, 0.1) is 17.9 Å². The average molecular weight is 383 g/mol. The van der Waals surface area contributed by atoms with Crippen molar-refractivity contribution in [2.24, 2.45) is 0 Å². The Morgan fingerprint density at radius 2 is 1.86 bits per heavy atom.